The molecule has 2 heterocycles. The highest BCUT2D eigenvalue weighted by atomic mass is 16.5. The molecule has 2 aromatic carbocycles. The van der Waals surface area contributed by atoms with Crippen molar-refractivity contribution in [1.82, 2.24) is 30.7 Å². The standard InChI is InChI=1S/C41H56N6O6/c1-40(2,3)34(45-38(51)53-7)36(49)44-32(24-29-17-12-9-13-18-29)33(48)25-31(23-28-15-10-8-11-16-28)43-37(50)35(41(4,5)6)47-22-21-46(39(47)52)27-30-19-14-20-42-26-30/h8-20,26,31-35,48H,21-25,27H2,1-7H3,(H,43,50)(H,44,49)(H,45,51)/t31-,32-,33-,34+,35+/m0/s1. The molecule has 1 aromatic heterocycles. The number of hydrogen-bond acceptors (Lipinski definition) is 7. The molecule has 12 nitrogen and oxygen atoms in total. The molecule has 4 rings (SSSR count). The van der Waals surface area contributed by atoms with Crippen LogP contribution in [-0.4, -0.2) is 94.3 Å². The number of methoxy groups -OCH3 is 1. The molecule has 12 heteroatoms. The highest BCUT2D eigenvalue weighted by molar-refractivity contribution is 5.89. The lowest BCUT2D eigenvalue weighted by Crippen LogP contribution is -2.59. The molecule has 5 atom stereocenters. The van der Waals surface area contributed by atoms with Crippen molar-refractivity contribution in [2.24, 2.45) is 10.8 Å². The third kappa shape index (κ3) is 11.8. The van der Waals surface area contributed by atoms with Crippen LogP contribution in [0.3, 0.4) is 0 Å². The fourth-order valence-corrected chi connectivity index (χ4v) is 6.80. The Balaban J connectivity index is 1.59. The maximum atomic E-state index is 14.4. The molecule has 0 spiro atoms. The third-order valence-corrected chi connectivity index (χ3v) is 9.47. The van der Waals surface area contributed by atoms with Crippen LogP contribution < -0.4 is 16.0 Å². The quantitative estimate of drug-likeness (QED) is 0.177. The van der Waals surface area contributed by atoms with Gasteiger partial charge in [-0.25, -0.2) is 9.59 Å². The van der Waals surface area contributed by atoms with E-state index in [-0.39, 0.29) is 18.4 Å². The van der Waals surface area contributed by atoms with Crippen molar-refractivity contribution in [3.63, 3.8) is 0 Å². The van der Waals surface area contributed by atoms with E-state index in [9.17, 15) is 24.3 Å². The molecule has 0 unspecified atom stereocenters. The number of carbonyl (C=O) groups is 4. The van der Waals surface area contributed by atoms with Gasteiger partial charge in [0.05, 0.1) is 19.3 Å². The summed E-state index contributed by atoms with van der Waals surface area (Å²) >= 11 is 0. The molecule has 53 heavy (non-hydrogen) atoms. The largest absolute Gasteiger partial charge is 0.453 e. The normalized spacial score (nSPS) is 16.3. The molecule has 1 aliphatic rings. The number of urea groups is 1. The topological polar surface area (TPSA) is 153 Å². The van der Waals surface area contributed by atoms with Crippen molar-refractivity contribution in [3.05, 3.63) is 102 Å². The van der Waals surface area contributed by atoms with Gasteiger partial charge in [0.2, 0.25) is 11.8 Å². The molecule has 1 saturated heterocycles. The molecular weight excluding hydrogens is 672 g/mol. The first-order valence-corrected chi connectivity index (χ1v) is 18.2. The summed E-state index contributed by atoms with van der Waals surface area (Å²) in [7, 11) is 1.23. The molecule has 0 aliphatic carbocycles. The van der Waals surface area contributed by atoms with Crippen molar-refractivity contribution >= 4 is 23.9 Å². The van der Waals surface area contributed by atoms with Gasteiger partial charge < -0.3 is 35.6 Å². The number of nitrogens with one attached hydrogen (secondary N) is 3. The molecule has 0 saturated carbocycles. The van der Waals surface area contributed by atoms with Crippen molar-refractivity contribution in [2.75, 3.05) is 20.2 Å². The Morgan fingerprint density at radius 3 is 1.94 bits per heavy atom. The van der Waals surface area contributed by atoms with Crippen LogP contribution in [0.15, 0.2) is 85.2 Å². The number of aliphatic hydroxyl groups excluding tert-OH is 1. The van der Waals surface area contributed by atoms with Gasteiger partial charge in [-0.2, -0.15) is 0 Å². The predicted molar refractivity (Wildman–Crippen MR) is 204 cm³/mol. The van der Waals surface area contributed by atoms with Gasteiger partial charge in [0, 0.05) is 38.1 Å². The highest BCUT2D eigenvalue weighted by Gasteiger charge is 2.44. The monoisotopic (exact) mass is 728 g/mol. The second-order valence-corrected chi connectivity index (χ2v) is 16.0. The van der Waals surface area contributed by atoms with E-state index in [2.05, 4.69) is 20.9 Å². The Kier molecular flexibility index (Phi) is 14.0. The van der Waals surface area contributed by atoms with Gasteiger partial charge in [0.15, 0.2) is 0 Å². The van der Waals surface area contributed by atoms with Gasteiger partial charge in [0.25, 0.3) is 0 Å². The Morgan fingerprint density at radius 1 is 0.792 bits per heavy atom. The van der Waals surface area contributed by atoms with Crippen molar-refractivity contribution in [3.8, 4) is 0 Å². The molecule has 3 aromatic rings. The Morgan fingerprint density at radius 2 is 1.40 bits per heavy atom. The maximum absolute atomic E-state index is 14.4. The number of amides is 5. The number of hydrogen-bond donors (Lipinski definition) is 4. The first kappa shape index (κ1) is 40.8. The average molecular weight is 729 g/mol. The van der Waals surface area contributed by atoms with Gasteiger partial charge in [-0.1, -0.05) is 108 Å². The number of nitrogens with zero attached hydrogens (tertiary/aromatic N) is 3. The number of aliphatic hydroxyl groups is 1. The molecule has 0 bridgehead atoms. The smallest absolute Gasteiger partial charge is 0.407 e. The highest BCUT2D eigenvalue weighted by Crippen LogP contribution is 2.29. The summed E-state index contributed by atoms with van der Waals surface area (Å²) in [4.78, 5) is 61.7. The second kappa shape index (κ2) is 18.2. The summed E-state index contributed by atoms with van der Waals surface area (Å²) in [5.41, 5.74) is 1.47. The van der Waals surface area contributed by atoms with E-state index < -0.39 is 53.1 Å². The number of carbonyl (C=O) groups excluding carboxylic acids is 4. The minimum absolute atomic E-state index is 0.0982. The first-order valence-electron chi connectivity index (χ1n) is 18.2. The Bertz CT molecular complexity index is 1640. The summed E-state index contributed by atoms with van der Waals surface area (Å²) in [6, 6.07) is 19.6. The Labute approximate surface area is 313 Å². The lowest BCUT2D eigenvalue weighted by molar-refractivity contribution is -0.130. The fraction of sp³-hybridized carbons (Fsp3) is 0.488. The number of rotatable bonds is 15. The van der Waals surface area contributed by atoms with Crippen LogP contribution in [0.25, 0.3) is 0 Å². The number of alkyl carbamates (subject to hydrolysis) is 1. The lowest BCUT2D eigenvalue weighted by atomic mass is 9.84. The summed E-state index contributed by atoms with van der Waals surface area (Å²) in [5, 5.41) is 20.8. The summed E-state index contributed by atoms with van der Waals surface area (Å²) in [6.45, 7) is 12.6. The third-order valence-electron chi connectivity index (χ3n) is 9.47. The molecule has 1 fully saturated rings. The molecule has 1 aliphatic heterocycles. The number of ether oxygens (including phenoxy) is 1. The molecule has 0 radical (unpaired) electrons. The van der Waals surface area contributed by atoms with Crippen LogP contribution in [0.5, 0.6) is 0 Å². The number of pyridine rings is 1. The molecular formula is C41H56N6O6. The fourth-order valence-electron chi connectivity index (χ4n) is 6.80. The zero-order valence-electron chi connectivity index (χ0n) is 32.0. The summed E-state index contributed by atoms with van der Waals surface area (Å²) in [5.74, 6) is -0.788. The SMILES string of the molecule is COC(=O)N[C@H](C(=O)N[C@@H](Cc1ccccc1)[C@@H](O)C[C@H](Cc1ccccc1)NC(=O)[C@@H](N1CCN(Cc2cccnc2)C1=O)C(C)(C)C)C(C)(C)C. The first-order chi connectivity index (χ1) is 25.1. The van der Waals surface area contributed by atoms with Gasteiger partial charge in [0.1, 0.15) is 12.1 Å². The van der Waals surface area contributed by atoms with Crippen LogP contribution in [0, 0.1) is 10.8 Å². The van der Waals surface area contributed by atoms with Gasteiger partial charge >= 0.3 is 12.1 Å². The minimum Gasteiger partial charge on any atom is -0.453 e. The van der Waals surface area contributed by atoms with E-state index in [1.165, 1.54) is 7.11 Å². The summed E-state index contributed by atoms with van der Waals surface area (Å²) in [6.07, 6.45) is 2.37. The van der Waals surface area contributed by atoms with E-state index in [4.69, 9.17) is 4.74 Å². The molecule has 286 valence electrons. The summed E-state index contributed by atoms with van der Waals surface area (Å²) < 4.78 is 4.79. The van der Waals surface area contributed by atoms with Crippen molar-refractivity contribution < 1.29 is 29.0 Å². The molecule has 4 N–H and O–H groups in total. The Hall–Kier alpha value is -4.97. The number of aromatic nitrogens is 1. The predicted octanol–water partition coefficient (Wildman–Crippen LogP) is 4.71. The maximum Gasteiger partial charge on any atom is 0.407 e. The van der Waals surface area contributed by atoms with Gasteiger partial charge in [-0.15, -0.1) is 0 Å². The van der Waals surface area contributed by atoms with E-state index in [0.29, 0.717) is 32.5 Å². The molecule has 5 amide bonds. The van der Waals surface area contributed by atoms with Gasteiger partial charge in [-0.3, -0.25) is 14.6 Å². The lowest BCUT2D eigenvalue weighted by Gasteiger charge is -2.38. The van der Waals surface area contributed by atoms with Crippen LogP contribution >= 0.6 is 0 Å². The van der Waals surface area contributed by atoms with Crippen LogP contribution in [0.2, 0.25) is 0 Å². The van der Waals surface area contributed by atoms with E-state index in [1.54, 1.807) is 22.2 Å². The van der Waals surface area contributed by atoms with E-state index in [1.807, 2.05) is 114 Å². The van der Waals surface area contributed by atoms with Crippen LogP contribution in [-0.2, 0) is 33.7 Å². The van der Waals surface area contributed by atoms with Crippen LogP contribution in [0.4, 0.5) is 9.59 Å². The van der Waals surface area contributed by atoms with Crippen molar-refractivity contribution in [2.45, 2.75) is 97.6 Å². The number of benzene rings is 2. The van der Waals surface area contributed by atoms with Crippen molar-refractivity contribution in [1.29, 1.82) is 0 Å². The van der Waals surface area contributed by atoms with Crippen LogP contribution in [0.1, 0.15) is 64.7 Å². The second-order valence-electron chi connectivity index (χ2n) is 16.0. The van der Waals surface area contributed by atoms with E-state index >= 15 is 0 Å². The van der Waals surface area contributed by atoms with Gasteiger partial charge in [-0.05, 0) is 52.8 Å². The zero-order valence-corrected chi connectivity index (χ0v) is 32.0. The minimum atomic E-state index is -1.11. The zero-order chi connectivity index (χ0) is 38.8. The average Bonchev–Trinajstić information content (AvgIpc) is 3.44. The van der Waals surface area contributed by atoms with E-state index in [0.717, 1.165) is 16.7 Å².